The zero-order valence-electron chi connectivity index (χ0n) is 8.65. The van der Waals surface area contributed by atoms with Gasteiger partial charge in [-0.1, -0.05) is 16.1 Å². The van der Waals surface area contributed by atoms with E-state index < -0.39 is 7.25 Å². The average Bonchev–Trinajstić information content (AvgIpc) is 1.96. The molecule has 1 rings (SSSR count). The summed E-state index contributed by atoms with van der Waals surface area (Å²) < 4.78 is 51.9. The monoisotopic (exact) mass is 228 g/mol. The molecule has 15 heavy (non-hydrogen) atoms. The largest absolute Gasteiger partial charge is 0.673 e. The number of nitrogens with zero attached hydrogens (tertiary/aromatic N) is 1. The summed E-state index contributed by atoms with van der Waals surface area (Å²) in [4.78, 5) is 0. The molecule has 0 amide bonds. The van der Waals surface area contributed by atoms with E-state index in [-0.39, 0.29) is 6.04 Å². The van der Waals surface area contributed by atoms with Crippen molar-refractivity contribution in [3.63, 3.8) is 0 Å². The topological polar surface area (TPSA) is 3.24 Å². The Hall–Kier alpha value is -1.01. The maximum absolute atomic E-state index is 12.9. The second kappa shape index (κ2) is 5.18. The first-order chi connectivity index (χ1) is 6.61. The Labute approximate surface area is 85.3 Å². The SMILES string of the molecule is CC1=CC(C)N(F)C(C)=C1.F[B-](F)(F)F. The number of allylic oxidation sites excluding steroid dienone is 3. The van der Waals surface area contributed by atoms with Crippen LogP contribution < -0.4 is 0 Å². The third kappa shape index (κ3) is 6.99. The summed E-state index contributed by atoms with van der Waals surface area (Å²) in [7, 11) is -6.00. The van der Waals surface area contributed by atoms with Gasteiger partial charge in [0, 0.05) is 5.70 Å². The predicted molar refractivity (Wildman–Crippen MR) is 50.1 cm³/mol. The van der Waals surface area contributed by atoms with Crippen LogP contribution in [0, 0.1) is 0 Å². The zero-order valence-corrected chi connectivity index (χ0v) is 8.65. The first-order valence-corrected chi connectivity index (χ1v) is 4.30. The Morgan fingerprint density at radius 3 is 1.93 bits per heavy atom. The van der Waals surface area contributed by atoms with E-state index in [4.69, 9.17) is 0 Å². The molecule has 0 fully saturated rings. The molecule has 0 bridgehead atoms. The summed E-state index contributed by atoms with van der Waals surface area (Å²) in [5.41, 5.74) is 1.83. The van der Waals surface area contributed by atoms with E-state index in [1.807, 2.05) is 26.0 Å². The fraction of sp³-hybridized carbons (Fsp3) is 0.500. The van der Waals surface area contributed by atoms with Gasteiger partial charge in [0.1, 0.15) is 0 Å². The summed E-state index contributed by atoms with van der Waals surface area (Å²) in [5.74, 6) is 0. The second-order valence-corrected chi connectivity index (χ2v) is 3.24. The van der Waals surface area contributed by atoms with Crippen LogP contribution in [0.5, 0.6) is 0 Å². The molecule has 1 aliphatic heterocycles. The van der Waals surface area contributed by atoms with Gasteiger partial charge in [0.2, 0.25) is 0 Å². The fourth-order valence-corrected chi connectivity index (χ4v) is 1.21. The van der Waals surface area contributed by atoms with Gasteiger partial charge in [0.15, 0.2) is 0 Å². The maximum atomic E-state index is 12.9. The molecule has 0 saturated carbocycles. The van der Waals surface area contributed by atoms with Crippen molar-refractivity contribution in [1.82, 2.24) is 5.12 Å². The molecule has 0 saturated heterocycles. The van der Waals surface area contributed by atoms with E-state index in [0.717, 1.165) is 10.7 Å². The Kier molecular flexibility index (Phi) is 4.83. The van der Waals surface area contributed by atoms with Crippen LogP contribution in [0.3, 0.4) is 0 Å². The van der Waals surface area contributed by atoms with Crippen molar-refractivity contribution in [2.75, 3.05) is 0 Å². The summed E-state index contributed by atoms with van der Waals surface area (Å²) in [6.07, 6.45) is 3.73. The van der Waals surface area contributed by atoms with Gasteiger partial charge in [0.25, 0.3) is 0 Å². The van der Waals surface area contributed by atoms with Gasteiger partial charge in [-0.2, -0.15) is 0 Å². The quantitative estimate of drug-likeness (QED) is 0.347. The van der Waals surface area contributed by atoms with Crippen molar-refractivity contribution in [3.05, 3.63) is 23.4 Å². The predicted octanol–water partition coefficient (Wildman–Crippen LogP) is 3.73. The van der Waals surface area contributed by atoms with Crippen LogP contribution in [0.25, 0.3) is 0 Å². The van der Waals surface area contributed by atoms with Gasteiger partial charge in [-0.25, -0.2) is 5.12 Å². The highest BCUT2D eigenvalue weighted by Crippen LogP contribution is 2.19. The molecule has 0 spiro atoms. The van der Waals surface area contributed by atoms with Crippen molar-refractivity contribution in [3.8, 4) is 0 Å². The summed E-state index contributed by atoms with van der Waals surface area (Å²) in [5, 5.41) is 0.771. The van der Waals surface area contributed by atoms with Crippen LogP contribution in [0.2, 0.25) is 0 Å². The molecule has 0 aromatic rings. The molecule has 1 aliphatic rings. The third-order valence-electron chi connectivity index (χ3n) is 1.64. The number of rotatable bonds is 0. The van der Waals surface area contributed by atoms with Gasteiger partial charge in [-0.05, 0) is 26.8 Å². The van der Waals surface area contributed by atoms with Crippen molar-refractivity contribution in [2.45, 2.75) is 26.8 Å². The first-order valence-electron chi connectivity index (χ1n) is 4.30. The summed E-state index contributed by atoms with van der Waals surface area (Å²) in [6, 6.07) is -0.106. The van der Waals surface area contributed by atoms with E-state index in [0.29, 0.717) is 5.70 Å². The van der Waals surface area contributed by atoms with Crippen molar-refractivity contribution in [1.29, 1.82) is 0 Å². The van der Waals surface area contributed by atoms with Gasteiger partial charge in [-0.15, -0.1) is 0 Å². The van der Waals surface area contributed by atoms with Crippen molar-refractivity contribution < 1.29 is 21.7 Å². The Morgan fingerprint density at radius 2 is 1.60 bits per heavy atom. The maximum Gasteiger partial charge on any atom is 0.673 e. The molecule has 1 atom stereocenters. The lowest BCUT2D eigenvalue weighted by molar-refractivity contribution is 0.0444. The standard InChI is InChI=1S/C8H12FN.BF4/c1-6-4-7(2)10(9)8(3)5-6;2-1(3,4)5/h4-5,7H,1-3H3;/q;-1. The molecule has 0 aromatic carbocycles. The van der Waals surface area contributed by atoms with E-state index >= 15 is 0 Å². The van der Waals surface area contributed by atoms with Crippen LogP contribution in [0.1, 0.15) is 20.8 Å². The van der Waals surface area contributed by atoms with Crippen LogP contribution in [-0.4, -0.2) is 18.4 Å². The molecule has 1 heterocycles. The highest BCUT2D eigenvalue weighted by Gasteiger charge is 2.20. The number of halogens is 5. The smallest absolute Gasteiger partial charge is 0.418 e. The zero-order chi connectivity index (χ0) is 12.2. The molecule has 1 unspecified atom stereocenters. The van der Waals surface area contributed by atoms with E-state index in [9.17, 15) is 21.7 Å². The second-order valence-electron chi connectivity index (χ2n) is 3.24. The molecule has 1 nitrogen and oxygen atoms in total. The van der Waals surface area contributed by atoms with E-state index in [1.54, 1.807) is 6.92 Å². The Morgan fingerprint density at radius 1 is 1.20 bits per heavy atom. The normalized spacial score (nSPS) is 21.3. The number of hydrogen-bond acceptors (Lipinski definition) is 1. The minimum absolute atomic E-state index is 0.106. The summed E-state index contributed by atoms with van der Waals surface area (Å²) in [6.45, 7) is 5.58. The average molecular weight is 228 g/mol. The minimum Gasteiger partial charge on any atom is -0.418 e. The molecular formula is C8H12BF5N-. The van der Waals surface area contributed by atoms with Gasteiger partial charge >= 0.3 is 7.25 Å². The molecule has 0 aliphatic carbocycles. The minimum atomic E-state index is -6.00. The highest BCUT2D eigenvalue weighted by molar-refractivity contribution is 6.50. The molecular weight excluding hydrogens is 216 g/mol. The van der Waals surface area contributed by atoms with Crippen LogP contribution in [-0.2, 0) is 0 Å². The third-order valence-corrected chi connectivity index (χ3v) is 1.64. The van der Waals surface area contributed by atoms with Crippen molar-refractivity contribution >= 4 is 7.25 Å². The lowest BCUT2D eigenvalue weighted by Gasteiger charge is -2.23. The highest BCUT2D eigenvalue weighted by atomic mass is 19.5. The van der Waals surface area contributed by atoms with Crippen molar-refractivity contribution in [2.24, 2.45) is 0 Å². The lowest BCUT2D eigenvalue weighted by atomic mass is 10.1. The van der Waals surface area contributed by atoms with Crippen LogP contribution in [0.4, 0.5) is 21.7 Å². The molecule has 0 radical (unpaired) electrons. The van der Waals surface area contributed by atoms with Gasteiger partial charge in [-0.3, -0.25) is 0 Å². The first kappa shape index (κ1) is 14.0. The molecule has 7 heteroatoms. The van der Waals surface area contributed by atoms with Gasteiger partial charge < -0.3 is 17.3 Å². The molecule has 88 valence electrons. The summed E-state index contributed by atoms with van der Waals surface area (Å²) >= 11 is 0. The Balaban J connectivity index is 0.000000336. The lowest BCUT2D eigenvalue weighted by Crippen LogP contribution is -2.24. The van der Waals surface area contributed by atoms with Crippen LogP contribution >= 0.6 is 0 Å². The van der Waals surface area contributed by atoms with E-state index in [1.165, 1.54) is 0 Å². The Bertz CT molecular complexity index is 265. The van der Waals surface area contributed by atoms with Crippen LogP contribution in [0.15, 0.2) is 23.4 Å². The molecule has 0 N–H and O–H groups in total. The fourth-order valence-electron chi connectivity index (χ4n) is 1.21. The number of hydrogen-bond donors (Lipinski definition) is 0. The van der Waals surface area contributed by atoms with E-state index in [2.05, 4.69) is 0 Å². The molecule has 0 aromatic heterocycles. The van der Waals surface area contributed by atoms with Gasteiger partial charge in [0.05, 0.1) is 6.04 Å².